The molecular weight excluding hydrogens is 319 g/mol. The van der Waals surface area contributed by atoms with Gasteiger partial charge in [-0.2, -0.15) is 0 Å². The van der Waals surface area contributed by atoms with Crippen molar-refractivity contribution in [3.8, 4) is 0 Å². The van der Waals surface area contributed by atoms with Crippen LogP contribution < -0.4 is 0 Å². The first-order chi connectivity index (χ1) is 11.4. The molecule has 0 aliphatic carbocycles. The highest BCUT2D eigenvalue weighted by atomic mass is 35.5. The van der Waals surface area contributed by atoms with Gasteiger partial charge < -0.3 is 0 Å². The van der Waals surface area contributed by atoms with E-state index in [9.17, 15) is 4.39 Å². The molecule has 0 radical (unpaired) electrons. The Kier molecular flexibility index (Phi) is 8.81. The Morgan fingerprint density at radius 1 is 0.542 bits per heavy atom. The molecule has 0 unspecified atom stereocenters. The quantitative estimate of drug-likeness (QED) is 0.409. The minimum Gasteiger partial charge on any atom is -0.207 e. The predicted octanol–water partition coefficient (Wildman–Crippen LogP) is 7.09. The Labute approximate surface area is 149 Å². The molecule has 3 aromatic rings. The number of rotatable bonds is 0. The molecule has 0 saturated heterocycles. The lowest BCUT2D eigenvalue weighted by molar-refractivity contribution is 0.618. The second-order valence-corrected chi connectivity index (χ2v) is 5.99. The van der Waals surface area contributed by atoms with Crippen LogP contribution in [-0.2, 0) is 0 Å². The molecule has 3 rings (SSSR count). The predicted molar refractivity (Wildman–Crippen MR) is 103 cm³/mol. The van der Waals surface area contributed by atoms with Crippen molar-refractivity contribution in [3.63, 3.8) is 0 Å². The van der Waals surface area contributed by atoms with Crippen LogP contribution in [0.15, 0.2) is 72.8 Å². The zero-order valence-electron chi connectivity index (χ0n) is 14.7. The Bertz CT molecular complexity index is 584. The normalized spacial score (nSPS) is 9.25. The van der Waals surface area contributed by atoms with Crippen LogP contribution >= 0.6 is 11.6 Å². The average molecular weight is 343 g/mol. The van der Waals surface area contributed by atoms with Crippen molar-refractivity contribution in [3.05, 3.63) is 106 Å². The largest absolute Gasteiger partial charge is 0.207 e. The molecule has 0 amide bonds. The van der Waals surface area contributed by atoms with Gasteiger partial charge in [0.25, 0.3) is 0 Å². The second-order valence-electron chi connectivity index (χ2n) is 5.58. The fourth-order valence-corrected chi connectivity index (χ4v) is 1.90. The Balaban J connectivity index is 0.000000180. The fourth-order valence-electron chi connectivity index (χ4n) is 1.76. The van der Waals surface area contributed by atoms with Gasteiger partial charge in [-0.25, -0.2) is 4.39 Å². The molecule has 0 saturated carbocycles. The van der Waals surface area contributed by atoms with Gasteiger partial charge in [0.2, 0.25) is 0 Å². The second kappa shape index (κ2) is 10.6. The molecule has 3 aromatic carbocycles. The maximum absolute atomic E-state index is 12.3. The molecule has 0 N–H and O–H groups in total. The molecule has 0 aliphatic rings. The molecule has 0 aliphatic heterocycles. The van der Waals surface area contributed by atoms with E-state index in [0.717, 1.165) is 10.6 Å². The van der Waals surface area contributed by atoms with E-state index in [1.807, 2.05) is 37.3 Å². The van der Waals surface area contributed by atoms with Crippen molar-refractivity contribution in [2.45, 2.75) is 27.7 Å². The van der Waals surface area contributed by atoms with E-state index in [4.69, 9.17) is 11.6 Å². The number of hydrogen-bond acceptors (Lipinski definition) is 0. The highest BCUT2D eigenvalue weighted by molar-refractivity contribution is 6.31. The first-order valence-electron chi connectivity index (χ1n) is 7.86. The molecule has 0 spiro atoms. The molecular formula is C22H24ClF. The van der Waals surface area contributed by atoms with Crippen molar-refractivity contribution >= 4 is 11.6 Å². The van der Waals surface area contributed by atoms with Crippen LogP contribution in [0.5, 0.6) is 0 Å². The smallest absolute Gasteiger partial charge is 0.126 e. The Hall–Kier alpha value is -2.12. The topological polar surface area (TPSA) is 0 Å². The van der Waals surface area contributed by atoms with Gasteiger partial charge in [-0.1, -0.05) is 72.3 Å². The first-order valence-corrected chi connectivity index (χ1v) is 8.24. The molecule has 0 bridgehead atoms. The fraction of sp³-hybridized carbons (Fsp3) is 0.182. The summed E-state index contributed by atoms with van der Waals surface area (Å²) in [5, 5.41) is 0.840. The number of hydrogen-bond donors (Lipinski definition) is 0. The zero-order valence-corrected chi connectivity index (χ0v) is 15.4. The summed E-state index contributed by atoms with van der Waals surface area (Å²) in [7, 11) is 0. The molecule has 126 valence electrons. The number of halogens is 2. The van der Waals surface area contributed by atoms with Gasteiger partial charge in [-0.05, 0) is 62.1 Å². The molecule has 0 fully saturated rings. The van der Waals surface area contributed by atoms with E-state index in [0.29, 0.717) is 5.56 Å². The number of benzene rings is 3. The zero-order chi connectivity index (χ0) is 17.9. The Morgan fingerprint density at radius 2 is 0.917 bits per heavy atom. The van der Waals surface area contributed by atoms with E-state index in [-0.39, 0.29) is 5.82 Å². The summed E-state index contributed by atoms with van der Waals surface area (Å²) in [6.07, 6.45) is 0. The van der Waals surface area contributed by atoms with Crippen LogP contribution in [0.25, 0.3) is 0 Å². The van der Waals surface area contributed by atoms with Gasteiger partial charge in [0.05, 0.1) is 0 Å². The molecule has 0 atom stereocenters. The van der Waals surface area contributed by atoms with Gasteiger partial charge in [0.1, 0.15) is 5.82 Å². The molecule has 2 heteroatoms. The summed E-state index contributed by atoms with van der Waals surface area (Å²) in [5.74, 6) is -0.132. The maximum Gasteiger partial charge on any atom is 0.126 e. The van der Waals surface area contributed by atoms with E-state index >= 15 is 0 Å². The summed E-state index contributed by atoms with van der Waals surface area (Å²) in [5.41, 5.74) is 4.57. The van der Waals surface area contributed by atoms with Crippen LogP contribution in [-0.4, -0.2) is 0 Å². The first kappa shape index (κ1) is 19.9. The lowest BCUT2D eigenvalue weighted by Crippen LogP contribution is -1.76. The lowest BCUT2D eigenvalue weighted by atomic mass is 10.1. The van der Waals surface area contributed by atoms with E-state index < -0.39 is 0 Å². The molecule has 0 heterocycles. The monoisotopic (exact) mass is 342 g/mol. The van der Waals surface area contributed by atoms with Gasteiger partial charge in [0.15, 0.2) is 0 Å². The lowest BCUT2D eigenvalue weighted by Gasteiger charge is -1.93. The van der Waals surface area contributed by atoms with Crippen molar-refractivity contribution in [2.24, 2.45) is 0 Å². The van der Waals surface area contributed by atoms with Crippen LogP contribution in [0, 0.1) is 33.5 Å². The standard InChI is InChI=1S/C8H10.C7H7Cl.C7H7F/c1-7-5-3-4-6-8(7)2;2*1-6-4-2-3-5-7(6)8/h3-6H,1-2H3;2*2-5H,1H3. The summed E-state index contributed by atoms with van der Waals surface area (Å²) in [4.78, 5) is 0. The van der Waals surface area contributed by atoms with E-state index in [1.165, 1.54) is 17.2 Å². The highest BCUT2D eigenvalue weighted by Crippen LogP contribution is 2.11. The van der Waals surface area contributed by atoms with Crippen LogP contribution in [0.4, 0.5) is 4.39 Å². The van der Waals surface area contributed by atoms with Crippen LogP contribution in [0.3, 0.4) is 0 Å². The minimum atomic E-state index is -0.132. The van der Waals surface area contributed by atoms with E-state index in [1.54, 1.807) is 19.1 Å². The maximum atomic E-state index is 12.3. The molecule has 0 aromatic heterocycles. The van der Waals surface area contributed by atoms with Gasteiger partial charge in [-0.3, -0.25) is 0 Å². The summed E-state index contributed by atoms with van der Waals surface area (Å²) in [6.45, 7) is 7.97. The van der Waals surface area contributed by atoms with Crippen molar-refractivity contribution in [1.82, 2.24) is 0 Å². The van der Waals surface area contributed by atoms with Crippen molar-refractivity contribution in [1.29, 1.82) is 0 Å². The third kappa shape index (κ3) is 7.43. The third-order valence-electron chi connectivity index (χ3n) is 3.58. The summed E-state index contributed by atoms with van der Waals surface area (Å²) < 4.78 is 12.3. The Morgan fingerprint density at radius 3 is 1.17 bits per heavy atom. The van der Waals surface area contributed by atoms with Gasteiger partial charge in [-0.15, -0.1) is 0 Å². The minimum absolute atomic E-state index is 0.132. The molecule has 0 nitrogen and oxygen atoms in total. The third-order valence-corrected chi connectivity index (χ3v) is 4.00. The van der Waals surface area contributed by atoms with E-state index in [2.05, 4.69) is 38.1 Å². The highest BCUT2D eigenvalue weighted by Gasteiger charge is 1.89. The molecule has 24 heavy (non-hydrogen) atoms. The SMILES string of the molecule is Cc1ccccc1C.Cc1ccccc1Cl.Cc1ccccc1F. The summed E-state index contributed by atoms with van der Waals surface area (Å²) in [6, 6.07) is 22.8. The van der Waals surface area contributed by atoms with Gasteiger partial charge in [0, 0.05) is 5.02 Å². The van der Waals surface area contributed by atoms with Crippen molar-refractivity contribution < 1.29 is 4.39 Å². The van der Waals surface area contributed by atoms with Crippen LogP contribution in [0.2, 0.25) is 5.02 Å². The average Bonchev–Trinajstić information content (AvgIpc) is 2.57. The number of aryl methyl sites for hydroxylation is 4. The van der Waals surface area contributed by atoms with Crippen LogP contribution in [0.1, 0.15) is 22.3 Å². The summed E-state index contributed by atoms with van der Waals surface area (Å²) >= 11 is 5.71. The van der Waals surface area contributed by atoms with Crippen molar-refractivity contribution in [2.75, 3.05) is 0 Å². The van der Waals surface area contributed by atoms with Gasteiger partial charge >= 0.3 is 0 Å².